The van der Waals surface area contributed by atoms with Crippen molar-refractivity contribution in [2.24, 2.45) is 0 Å². The van der Waals surface area contributed by atoms with Crippen LogP contribution in [0.25, 0.3) is 33.0 Å². The smallest absolute Gasteiger partial charge is 0.259 e. The van der Waals surface area contributed by atoms with Gasteiger partial charge in [0.25, 0.3) is 11.8 Å². The van der Waals surface area contributed by atoms with Crippen molar-refractivity contribution in [1.29, 1.82) is 0 Å². The van der Waals surface area contributed by atoms with Gasteiger partial charge in [-0.25, -0.2) is 0 Å². The second-order valence-electron chi connectivity index (χ2n) is 8.54. The van der Waals surface area contributed by atoms with Crippen LogP contribution in [0.15, 0.2) is 48.8 Å². The van der Waals surface area contributed by atoms with Crippen LogP contribution in [-0.2, 0) is 16.1 Å². The predicted octanol–water partition coefficient (Wildman–Crippen LogP) is 3.27. The van der Waals surface area contributed by atoms with E-state index in [1.807, 2.05) is 56.7 Å². The fraction of sp³-hybridized carbons (Fsp3) is 0.231. The summed E-state index contributed by atoms with van der Waals surface area (Å²) in [6, 6.07) is 11.5. The Balaban J connectivity index is 1.80. The maximum Gasteiger partial charge on any atom is 0.259 e. The van der Waals surface area contributed by atoms with Gasteiger partial charge in [-0.2, -0.15) is 0 Å². The van der Waals surface area contributed by atoms with Gasteiger partial charge < -0.3 is 23.9 Å². The Morgan fingerprint density at radius 2 is 1.59 bits per heavy atom. The molecule has 0 bridgehead atoms. The summed E-state index contributed by atoms with van der Waals surface area (Å²) in [5, 5.41) is 4.20. The van der Waals surface area contributed by atoms with Crippen LogP contribution in [0.3, 0.4) is 0 Å². The lowest BCUT2D eigenvalue weighted by atomic mass is 9.95. The number of ether oxygens (including phenoxy) is 2. The number of methoxy groups -OCH3 is 2. The molecule has 174 valence electrons. The quantitative estimate of drug-likeness (QED) is 0.415. The van der Waals surface area contributed by atoms with Gasteiger partial charge in [0.1, 0.15) is 0 Å². The topological polar surface area (TPSA) is 88.6 Å². The zero-order valence-electron chi connectivity index (χ0n) is 19.6. The minimum Gasteiger partial charge on any atom is -0.493 e. The summed E-state index contributed by atoms with van der Waals surface area (Å²) in [6.07, 6.45) is 3.72. The van der Waals surface area contributed by atoms with Crippen LogP contribution in [0.4, 0.5) is 0 Å². The number of imide groups is 1. The van der Waals surface area contributed by atoms with Crippen LogP contribution >= 0.6 is 0 Å². The normalized spacial score (nSPS) is 14.0. The maximum absolute atomic E-state index is 13.2. The molecule has 34 heavy (non-hydrogen) atoms. The van der Waals surface area contributed by atoms with Gasteiger partial charge in [-0.05, 0) is 26.2 Å². The van der Waals surface area contributed by atoms with Gasteiger partial charge in [0.15, 0.2) is 11.5 Å². The molecule has 8 heteroatoms. The first kappa shape index (κ1) is 21.8. The molecule has 3 heterocycles. The van der Waals surface area contributed by atoms with E-state index in [9.17, 15) is 9.59 Å². The first-order valence-electron chi connectivity index (χ1n) is 11.0. The Bertz CT molecular complexity index is 1480. The molecule has 1 aliphatic heterocycles. The number of fused-ring (bicyclic) bond motifs is 2. The van der Waals surface area contributed by atoms with E-state index < -0.39 is 11.8 Å². The Kier molecular flexibility index (Phi) is 5.37. The molecule has 0 radical (unpaired) electrons. The number of hydrogen-bond donors (Lipinski definition) is 2. The summed E-state index contributed by atoms with van der Waals surface area (Å²) >= 11 is 0. The van der Waals surface area contributed by atoms with Crippen LogP contribution in [0.5, 0.6) is 11.5 Å². The third-order valence-corrected chi connectivity index (χ3v) is 6.23. The minimum absolute atomic E-state index is 0.357. The summed E-state index contributed by atoms with van der Waals surface area (Å²) in [5.74, 6) is 0.343. The van der Waals surface area contributed by atoms with Crippen molar-refractivity contribution in [3.63, 3.8) is 0 Å². The Hall–Kier alpha value is -4.04. The summed E-state index contributed by atoms with van der Waals surface area (Å²) < 4.78 is 13.2. The van der Waals surface area contributed by atoms with Gasteiger partial charge in [-0.1, -0.05) is 18.2 Å². The van der Waals surface area contributed by atoms with Crippen molar-refractivity contribution in [2.45, 2.75) is 6.54 Å². The average molecular weight is 459 g/mol. The van der Waals surface area contributed by atoms with Crippen molar-refractivity contribution >= 4 is 44.8 Å². The van der Waals surface area contributed by atoms with Crippen molar-refractivity contribution in [1.82, 2.24) is 19.8 Å². The summed E-state index contributed by atoms with van der Waals surface area (Å²) in [6.45, 7) is 1.50. The molecule has 4 aromatic rings. The number of H-pyrrole nitrogens is 1. The zero-order chi connectivity index (χ0) is 24.0. The molecule has 5 rings (SSSR count). The van der Waals surface area contributed by atoms with E-state index in [-0.39, 0.29) is 0 Å². The molecule has 0 spiro atoms. The van der Waals surface area contributed by atoms with Crippen LogP contribution in [0.1, 0.15) is 11.1 Å². The Labute approximate surface area is 196 Å². The van der Waals surface area contributed by atoms with E-state index in [2.05, 4.69) is 19.8 Å². The highest BCUT2D eigenvalue weighted by Crippen LogP contribution is 2.41. The van der Waals surface area contributed by atoms with E-state index in [0.717, 1.165) is 28.4 Å². The SMILES string of the molecule is COc1cc2c(C3=C(c4c[nH]c5ccccc45)C(=O)NC3=O)cn(CCN(C)C)c2cc1OC. The number of likely N-dealkylation sites (N-methyl/N-ethyl adjacent to an activating group) is 1. The maximum atomic E-state index is 13.2. The number of amides is 2. The number of nitrogens with one attached hydrogen (secondary N) is 2. The van der Waals surface area contributed by atoms with Gasteiger partial charge in [0.2, 0.25) is 0 Å². The minimum atomic E-state index is -0.410. The molecule has 2 amide bonds. The number of benzene rings is 2. The van der Waals surface area contributed by atoms with E-state index in [0.29, 0.717) is 40.3 Å². The second kappa shape index (κ2) is 8.39. The van der Waals surface area contributed by atoms with Crippen LogP contribution in [0, 0.1) is 0 Å². The van der Waals surface area contributed by atoms with E-state index in [4.69, 9.17) is 9.47 Å². The monoisotopic (exact) mass is 458 g/mol. The summed E-state index contributed by atoms with van der Waals surface area (Å²) in [7, 11) is 7.20. The number of carbonyl (C=O) groups is 2. The molecule has 0 unspecified atom stereocenters. The van der Waals surface area contributed by atoms with Gasteiger partial charge in [-0.15, -0.1) is 0 Å². The lowest BCUT2D eigenvalue weighted by molar-refractivity contribution is -0.122. The first-order valence-corrected chi connectivity index (χ1v) is 11.0. The van der Waals surface area contributed by atoms with E-state index in [1.165, 1.54) is 0 Å². The zero-order valence-corrected chi connectivity index (χ0v) is 19.6. The Morgan fingerprint density at radius 1 is 0.912 bits per heavy atom. The largest absolute Gasteiger partial charge is 0.493 e. The van der Waals surface area contributed by atoms with Gasteiger partial charge >= 0.3 is 0 Å². The van der Waals surface area contributed by atoms with E-state index in [1.54, 1.807) is 20.4 Å². The molecule has 2 aromatic carbocycles. The predicted molar refractivity (Wildman–Crippen MR) is 132 cm³/mol. The van der Waals surface area contributed by atoms with Crippen LogP contribution < -0.4 is 14.8 Å². The highest BCUT2D eigenvalue weighted by atomic mass is 16.5. The summed E-state index contributed by atoms with van der Waals surface area (Å²) in [5.41, 5.74) is 3.89. The van der Waals surface area contributed by atoms with Gasteiger partial charge in [-0.3, -0.25) is 14.9 Å². The molecule has 0 atom stereocenters. The summed E-state index contributed by atoms with van der Waals surface area (Å²) in [4.78, 5) is 31.5. The highest BCUT2D eigenvalue weighted by Gasteiger charge is 2.35. The lowest BCUT2D eigenvalue weighted by Crippen LogP contribution is -2.22. The second-order valence-corrected chi connectivity index (χ2v) is 8.54. The fourth-order valence-electron chi connectivity index (χ4n) is 4.56. The van der Waals surface area contributed by atoms with Crippen molar-refractivity contribution in [3.05, 3.63) is 59.9 Å². The number of carbonyl (C=O) groups excluding carboxylic acids is 2. The van der Waals surface area contributed by atoms with Crippen molar-refractivity contribution in [3.8, 4) is 11.5 Å². The van der Waals surface area contributed by atoms with Crippen LogP contribution in [0.2, 0.25) is 0 Å². The molecule has 0 fully saturated rings. The molecular weight excluding hydrogens is 432 g/mol. The third kappa shape index (κ3) is 3.43. The lowest BCUT2D eigenvalue weighted by Gasteiger charge is -2.12. The molecule has 2 N–H and O–H groups in total. The molecule has 8 nitrogen and oxygen atoms in total. The first-order chi connectivity index (χ1) is 16.4. The molecule has 2 aromatic heterocycles. The van der Waals surface area contributed by atoms with Gasteiger partial charge in [0, 0.05) is 59.0 Å². The number of aromatic nitrogens is 2. The number of nitrogens with zero attached hydrogens (tertiary/aromatic N) is 2. The van der Waals surface area contributed by atoms with Gasteiger partial charge in [0.05, 0.1) is 30.9 Å². The molecule has 0 saturated carbocycles. The molecular formula is C26H26N4O4. The van der Waals surface area contributed by atoms with Crippen LogP contribution in [-0.4, -0.2) is 61.1 Å². The van der Waals surface area contributed by atoms with Crippen molar-refractivity contribution < 1.29 is 19.1 Å². The number of hydrogen-bond acceptors (Lipinski definition) is 5. The average Bonchev–Trinajstić information content (AvgIpc) is 3.48. The number of aromatic amines is 1. The van der Waals surface area contributed by atoms with E-state index >= 15 is 0 Å². The molecule has 1 aliphatic rings. The third-order valence-electron chi connectivity index (χ3n) is 6.23. The fourth-order valence-corrected chi connectivity index (χ4v) is 4.56. The van der Waals surface area contributed by atoms with Crippen molar-refractivity contribution in [2.75, 3.05) is 34.9 Å². The molecule has 0 aliphatic carbocycles. The number of rotatable bonds is 7. The highest BCUT2D eigenvalue weighted by molar-refractivity contribution is 6.50. The molecule has 0 saturated heterocycles. The standard InChI is InChI=1S/C26H26N4O4/c1-29(2)9-10-30-14-18(16-11-21(33-3)22(34-4)12-20(16)30)24-23(25(31)28-26(24)32)17-13-27-19-8-6-5-7-15(17)19/h5-8,11-14,27H,9-10H2,1-4H3,(H,28,31,32). The number of para-hydroxylation sites is 1. The Morgan fingerprint density at radius 3 is 2.29 bits per heavy atom.